The van der Waals surface area contributed by atoms with E-state index in [-0.39, 0.29) is 11.4 Å². The summed E-state index contributed by atoms with van der Waals surface area (Å²) in [5, 5.41) is 17.5. The summed E-state index contributed by atoms with van der Waals surface area (Å²) < 4.78 is 0. The predicted molar refractivity (Wildman–Crippen MR) is 37.1 cm³/mol. The number of rotatable bonds is 0. The van der Waals surface area contributed by atoms with E-state index in [0.29, 0.717) is 0 Å². The van der Waals surface area contributed by atoms with Gasteiger partial charge in [-0.3, -0.25) is 0 Å². The lowest BCUT2D eigenvalue weighted by molar-refractivity contribution is 0.183. The zero-order valence-electron chi connectivity index (χ0n) is 5.08. The molecule has 1 heterocycles. The first-order valence-corrected chi connectivity index (χ1v) is 4.07. The summed E-state index contributed by atoms with van der Waals surface area (Å²) in [7, 11) is 0. The molecule has 0 unspecified atom stereocenters. The van der Waals surface area contributed by atoms with Crippen LogP contribution in [0.15, 0.2) is 0 Å². The molecular formula is C6H9NOS. The highest BCUT2D eigenvalue weighted by atomic mass is 32.2. The fraction of sp³-hybridized carbons (Fsp3) is 0.833. The number of aliphatic hydroxyl groups excluding tert-OH is 1. The van der Waals surface area contributed by atoms with Crippen LogP contribution in [-0.2, 0) is 0 Å². The number of aliphatic hydroxyl groups is 1. The molecule has 0 aromatic rings. The minimum Gasteiger partial charge on any atom is -0.392 e. The van der Waals surface area contributed by atoms with Gasteiger partial charge in [0.1, 0.15) is 0 Å². The predicted octanol–water partition coefficient (Wildman–Crippen LogP) is 0.766. The molecule has 0 aromatic carbocycles. The molecule has 1 aliphatic rings. The van der Waals surface area contributed by atoms with Gasteiger partial charge < -0.3 is 5.11 Å². The zero-order chi connectivity index (χ0) is 6.69. The molecule has 0 aromatic heterocycles. The lowest BCUT2D eigenvalue weighted by Gasteiger charge is -2.19. The van der Waals surface area contributed by atoms with Gasteiger partial charge in [-0.05, 0) is 12.8 Å². The van der Waals surface area contributed by atoms with Gasteiger partial charge in [0.2, 0.25) is 0 Å². The molecule has 0 radical (unpaired) electrons. The fourth-order valence-corrected chi connectivity index (χ4v) is 1.84. The molecule has 0 bridgehead atoms. The van der Waals surface area contributed by atoms with Crippen LogP contribution in [0.4, 0.5) is 0 Å². The quantitative estimate of drug-likeness (QED) is 0.544. The highest BCUT2D eigenvalue weighted by molar-refractivity contribution is 8.00. The van der Waals surface area contributed by atoms with Crippen molar-refractivity contribution < 1.29 is 5.11 Å². The maximum Gasteiger partial charge on any atom is 0.0918 e. The third kappa shape index (κ3) is 1.88. The first-order chi connectivity index (χ1) is 4.33. The van der Waals surface area contributed by atoms with Crippen LogP contribution in [-0.4, -0.2) is 22.2 Å². The number of hydrogen-bond donors (Lipinski definition) is 1. The molecule has 2 nitrogen and oxygen atoms in total. The summed E-state index contributed by atoms with van der Waals surface area (Å²) in [4.78, 5) is 0. The molecule has 0 spiro atoms. The Hall–Kier alpha value is -0.200. The molecule has 9 heavy (non-hydrogen) atoms. The van der Waals surface area contributed by atoms with Gasteiger partial charge in [-0.1, -0.05) is 0 Å². The second kappa shape index (κ2) is 3.09. The average Bonchev–Trinajstić information content (AvgIpc) is 1.90. The molecule has 2 atom stereocenters. The Labute approximate surface area is 58.9 Å². The van der Waals surface area contributed by atoms with Crippen LogP contribution in [0.3, 0.4) is 0 Å². The van der Waals surface area contributed by atoms with E-state index in [0.717, 1.165) is 18.6 Å². The van der Waals surface area contributed by atoms with Gasteiger partial charge in [-0.15, -0.1) is 11.8 Å². The van der Waals surface area contributed by atoms with Crippen molar-refractivity contribution in [2.75, 3.05) is 5.75 Å². The molecule has 1 rings (SSSR count). The number of hydrogen-bond acceptors (Lipinski definition) is 3. The van der Waals surface area contributed by atoms with Crippen LogP contribution >= 0.6 is 11.8 Å². The van der Waals surface area contributed by atoms with Crippen molar-refractivity contribution in [3.05, 3.63) is 0 Å². The average molecular weight is 143 g/mol. The van der Waals surface area contributed by atoms with E-state index in [4.69, 9.17) is 10.4 Å². The van der Waals surface area contributed by atoms with Gasteiger partial charge in [0, 0.05) is 5.75 Å². The second-order valence-corrected chi connectivity index (χ2v) is 3.42. The van der Waals surface area contributed by atoms with E-state index in [2.05, 4.69) is 6.07 Å². The van der Waals surface area contributed by atoms with Crippen molar-refractivity contribution in [1.29, 1.82) is 5.26 Å². The Bertz CT molecular complexity index is 124. The SMILES string of the molecule is N#C[C@H]1CC[C@@H](O)CS1. The summed E-state index contributed by atoms with van der Waals surface area (Å²) >= 11 is 1.56. The molecule has 0 aliphatic carbocycles. The van der Waals surface area contributed by atoms with E-state index < -0.39 is 0 Å². The summed E-state index contributed by atoms with van der Waals surface area (Å²) in [6.07, 6.45) is 1.48. The van der Waals surface area contributed by atoms with E-state index in [1.165, 1.54) is 0 Å². The lowest BCUT2D eigenvalue weighted by Crippen LogP contribution is -2.20. The Morgan fingerprint density at radius 3 is 2.78 bits per heavy atom. The van der Waals surface area contributed by atoms with Gasteiger partial charge in [0.05, 0.1) is 17.4 Å². The summed E-state index contributed by atoms with van der Waals surface area (Å²) in [5.41, 5.74) is 0. The smallest absolute Gasteiger partial charge is 0.0918 e. The number of nitrogens with zero attached hydrogens (tertiary/aromatic N) is 1. The molecular weight excluding hydrogens is 134 g/mol. The first kappa shape index (κ1) is 6.91. The zero-order valence-corrected chi connectivity index (χ0v) is 5.90. The molecule has 1 N–H and O–H groups in total. The van der Waals surface area contributed by atoms with Crippen LogP contribution in [0.2, 0.25) is 0 Å². The number of thioether (sulfide) groups is 1. The van der Waals surface area contributed by atoms with Gasteiger partial charge in [0.25, 0.3) is 0 Å². The Morgan fingerprint density at radius 1 is 1.56 bits per heavy atom. The van der Waals surface area contributed by atoms with Crippen molar-refractivity contribution >= 4 is 11.8 Å². The van der Waals surface area contributed by atoms with Crippen LogP contribution in [0.5, 0.6) is 0 Å². The molecule has 3 heteroatoms. The van der Waals surface area contributed by atoms with Crippen molar-refractivity contribution in [2.45, 2.75) is 24.2 Å². The third-order valence-electron chi connectivity index (χ3n) is 1.40. The summed E-state index contributed by atoms with van der Waals surface area (Å²) in [6, 6.07) is 2.18. The largest absolute Gasteiger partial charge is 0.392 e. The third-order valence-corrected chi connectivity index (χ3v) is 2.72. The maximum atomic E-state index is 8.99. The topological polar surface area (TPSA) is 44.0 Å². The lowest BCUT2D eigenvalue weighted by atomic mass is 10.2. The molecule has 50 valence electrons. The minimum absolute atomic E-state index is 0.133. The van der Waals surface area contributed by atoms with E-state index in [1.54, 1.807) is 11.8 Å². The molecule has 0 saturated carbocycles. The van der Waals surface area contributed by atoms with Crippen LogP contribution < -0.4 is 0 Å². The fourth-order valence-electron chi connectivity index (χ4n) is 0.839. The minimum atomic E-state index is -0.167. The molecule has 1 aliphatic heterocycles. The maximum absolute atomic E-state index is 8.99. The van der Waals surface area contributed by atoms with Crippen LogP contribution in [0, 0.1) is 11.3 Å². The van der Waals surface area contributed by atoms with Crippen molar-refractivity contribution in [1.82, 2.24) is 0 Å². The van der Waals surface area contributed by atoms with Gasteiger partial charge in [-0.2, -0.15) is 5.26 Å². The summed E-state index contributed by atoms with van der Waals surface area (Å²) in [5.74, 6) is 0.734. The van der Waals surface area contributed by atoms with E-state index in [1.807, 2.05) is 0 Å². The van der Waals surface area contributed by atoms with Crippen LogP contribution in [0.1, 0.15) is 12.8 Å². The van der Waals surface area contributed by atoms with E-state index in [9.17, 15) is 0 Å². The standard InChI is InChI=1S/C6H9NOS/c7-3-6-2-1-5(8)4-9-6/h5-6,8H,1-2,4H2/t5-,6-/m1/s1. The molecule has 1 saturated heterocycles. The van der Waals surface area contributed by atoms with Gasteiger partial charge >= 0.3 is 0 Å². The normalized spacial score (nSPS) is 35.6. The highest BCUT2D eigenvalue weighted by Crippen LogP contribution is 2.24. The Kier molecular flexibility index (Phi) is 2.38. The summed E-state index contributed by atoms with van der Waals surface area (Å²) in [6.45, 7) is 0. The molecule has 0 amide bonds. The van der Waals surface area contributed by atoms with Crippen molar-refractivity contribution in [2.24, 2.45) is 0 Å². The van der Waals surface area contributed by atoms with Crippen molar-refractivity contribution in [3.8, 4) is 6.07 Å². The Balaban J connectivity index is 2.28. The van der Waals surface area contributed by atoms with E-state index >= 15 is 0 Å². The Morgan fingerprint density at radius 2 is 2.33 bits per heavy atom. The van der Waals surface area contributed by atoms with Gasteiger partial charge in [0.15, 0.2) is 0 Å². The number of nitriles is 1. The van der Waals surface area contributed by atoms with Gasteiger partial charge in [-0.25, -0.2) is 0 Å². The highest BCUT2D eigenvalue weighted by Gasteiger charge is 2.18. The van der Waals surface area contributed by atoms with Crippen molar-refractivity contribution in [3.63, 3.8) is 0 Å². The second-order valence-electron chi connectivity index (χ2n) is 2.18. The van der Waals surface area contributed by atoms with Crippen LogP contribution in [0.25, 0.3) is 0 Å². The monoisotopic (exact) mass is 143 g/mol. The first-order valence-electron chi connectivity index (χ1n) is 3.02. The molecule has 1 fully saturated rings.